The first-order valence-electron chi connectivity index (χ1n) is 4.14. The lowest BCUT2D eigenvalue weighted by Crippen LogP contribution is -2.26. The molecule has 0 atom stereocenters. The van der Waals surface area contributed by atoms with Gasteiger partial charge >= 0.3 is 0 Å². The minimum atomic E-state index is -0.192. The summed E-state index contributed by atoms with van der Waals surface area (Å²) < 4.78 is 0. The number of nitrogen functional groups attached to an aromatic ring is 1. The number of aromatic nitrogens is 2. The molecule has 5 heteroatoms. The number of carbonyl (C=O) groups excluding carboxylic acids is 1. The van der Waals surface area contributed by atoms with Gasteiger partial charge in [-0.2, -0.15) is 0 Å². The molecule has 1 aliphatic rings. The lowest BCUT2D eigenvalue weighted by atomic mass is 10.4. The molecular formula is C8H10N4O. The van der Waals surface area contributed by atoms with Crippen LogP contribution in [0.4, 0.5) is 5.82 Å². The number of anilines is 1. The van der Waals surface area contributed by atoms with Gasteiger partial charge in [-0.25, -0.2) is 4.98 Å². The average molecular weight is 178 g/mol. The monoisotopic (exact) mass is 178 g/mol. The molecule has 1 heterocycles. The summed E-state index contributed by atoms with van der Waals surface area (Å²) in [5.74, 6) is 0.0748. The van der Waals surface area contributed by atoms with E-state index in [2.05, 4.69) is 15.3 Å². The van der Waals surface area contributed by atoms with Crippen molar-refractivity contribution in [3.05, 3.63) is 18.1 Å². The van der Waals surface area contributed by atoms with Gasteiger partial charge in [0.15, 0.2) is 0 Å². The lowest BCUT2D eigenvalue weighted by Gasteiger charge is -2.01. The van der Waals surface area contributed by atoms with Gasteiger partial charge in [-0.05, 0) is 12.8 Å². The first-order chi connectivity index (χ1) is 6.25. The van der Waals surface area contributed by atoms with E-state index in [0.717, 1.165) is 12.8 Å². The van der Waals surface area contributed by atoms with Crippen LogP contribution in [0.15, 0.2) is 12.4 Å². The van der Waals surface area contributed by atoms with E-state index in [4.69, 9.17) is 5.73 Å². The van der Waals surface area contributed by atoms with Gasteiger partial charge in [0.1, 0.15) is 11.5 Å². The Hall–Kier alpha value is -1.65. The van der Waals surface area contributed by atoms with Crippen molar-refractivity contribution >= 4 is 11.7 Å². The largest absolute Gasteiger partial charge is 0.382 e. The molecule has 13 heavy (non-hydrogen) atoms. The average Bonchev–Trinajstić information content (AvgIpc) is 2.88. The van der Waals surface area contributed by atoms with Gasteiger partial charge < -0.3 is 11.1 Å². The highest BCUT2D eigenvalue weighted by Crippen LogP contribution is 2.18. The molecule has 1 amide bonds. The molecule has 1 fully saturated rings. The van der Waals surface area contributed by atoms with Crippen LogP contribution in [0.25, 0.3) is 0 Å². The fourth-order valence-corrected chi connectivity index (χ4v) is 0.977. The molecule has 0 unspecified atom stereocenters. The third-order valence-electron chi connectivity index (χ3n) is 1.80. The molecule has 0 aliphatic heterocycles. The molecule has 68 valence electrons. The minimum Gasteiger partial charge on any atom is -0.382 e. The number of nitrogens with one attached hydrogen (secondary N) is 1. The third kappa shape index (κ3) is 1.93. The lowest BCUT2D eigenvalue weighted by molar-refractivity contribution is 0.0946. The van der Waals surface area contributed by atoms with E-state index >= 15 is 0 Å². The maximum atomic E-state index is 11.4. The number of carbonyl (C=O) groups is 1. The Balaban J connectivity index is 2.09. The van der Waals surface area contributed by atoms with Crippen molar-refractivity contribution in [3.63, 3.8) is 0 Å². The molecule has 1 saturated carbocycles. The highest BCUT2D eigenvalue weighted by Gasteiger charge is 2.24. The number of nitrogens with two attached hydrogens (primary N) is 1. The summed E-state index contributed by atoms with van der Waals surface area (Å²) in [6, 6.07) is 0.329. The Morgan fingerprint density at radius 2 is 2.31 bits per heavy atom. The summed E-state index contributed by atoms with van der Waals surface area (Å²) in [6.45, 7) is 0. The molecule has 0 radical (unpaired) electrons. The normalized spacial score (nSPS) is 15.4. The van der Waals surface area contributed by atoms with E-state index in [1.807, 2.05) is 0 Å². The maximum absolute atomic E-state index is 11.4. The highest BCUT2D eigenvalue weighted by molar-refractivity contribution is 5.92. The zero-order valence-corrected chi connectivity index (χ0v) is 7.03. The number of hydrogen-bond donors (Lipinski definition) is 2. The summed E-state index contributed by atoms with van der Waals surface area (Å²) in [6.07, 6.45) is 4.94. The smallest absolute Gasteiger partial charge is 0.271 e. The maximum Gasteiger partial charge on any atom is 0.271 e. The van der Waals surface area contributed by atoms with Crippen molar-refractivity contribution in [1.29, 1.82) is 0 Å². The van der Waals surface area contributed by atoms with Gasteiger partial charge in [-0.15, -0.1) is 0 Å². The fraction of sp³-hybridized carbons (Fsp3) is 0.375. The van der Waals surface area contributed by atoms with Crippen molar-refractivity contribution in [1.82, 2.24) is 15.3 Å². The summed E-state index contributed by atoms with van der Waals surface area (Å²) in [4.78, 5) is 19.0. The molecular weight excluding hydrogens is 168 g/mol. The number of nitrogens with zero attached hydrogens (tertiary/aromatic N) is 2. The fourth-order valence-electron chi connectivity index (χ4n) is 0.977. The van der Waals surface area contributed by atoms with E-state index in [0.29, 0.717) is 6.04 Å². The van der Waals surface area contributed by atoms with Crippen LogP contribution >= 0.6 is 0 Å². The molecule has 3 N–H and O–H groups in total. The Kier molecular flexibility index (Phi) is 1.84. The molecule has 1 aliphatic carbocycles. The van der Waals surface area contributed by atoms with Gasteiger partial charge in [0.05, 0.1) is 12.4 Å². The van der Waals surface area contributed by atoms with Gasteiger partial charge in [0.2, 0.25) is 0 Å². The van der Waals surface area contributed by atoms with Crippen molar-refractivity contribution in [3.8, 4) is 0 Å². The van der Waals surface area contributed by atoms with Gasteiger partial charge in [-0.3, -0.25) is 9.78 Å². The quantitative estimate of drug-likeness (QED) is 0.665. The summed E-state index contributed by atoms with van der Waals surface area (Å²) in [5, 5.41) is 2.80. The van der Waals surface area contributed by atoms with Crippen LogP contribution in [0.3, 0.4) is 0 Å². The molecule has 0 aromatic carbocycles. The number of amides is 1. The molecule has 0 saturated heterocycles. The van der Waals surface area contributed by atoms with E-state index in [-0.39, 0.29) is 17.4 Å². The van der Waals surface area contributed by atoms with Crippen LogP contribution in [0.1, 0.15) is 23.3 Å². The Morgan fingerprint density at radius 3 is 2.92 bits per heavy atom. The van der Waals surface area contributed by atoms with Crippen molar-refractivity contribution in [2.75, 3.05) is 5.73 Å². The SMILES string of the molecule is Nc1cncc(C(=O)NC2CC2)n1. The van der Waals surface area contributed by atoms with Gasteiger partial charge in [0, 0.05) is 6.04 Å². The molecule has 5 nitrogen and oxygen atoms in total. The van der Waals surface area contributed by atoms with Crippen molar-refractivity contribution in [2.24, 2.45) is 0 Å². The van der Waals surface area contributed by atoms with Gasteiger partial charge in [0.25, 0.3) is 5.91 Å². The summed E-state index contributed by atoms with van der Waals surface area (Å²) in [5.41, 5.74) is 5.67. The molecule has 2 rings (SSSR count). The second kappa shape index (κ2) is 3.01. The van der Waals surface area contributed by atoms with Crippen LogP contribution in [0.2, 0.25) is 0 Å². The van der Waals surface area contributed by atoms with Crippen LogP contribution < -0.4 is 11.1 Å². The first-order valence-corrected chi connectivity index (χ1v) is 4.14. The van der Waals surface area contributed by atoms with Gasteiger partial charge in [-0.1, -0.05) is 0 Å². The highest BCUT2D eigenvalue weighted by atomic mass is 16.2. The number of rotatable bonds is 2. The molecule has 1 aromatic heterocycles. The van der Waals surface area contributed by atoms with E-state index in [9.17, 15) is 4.79 Å². The first kappa shape index (κ1) is 7.97. The zero-order valence-electron chi connectivity index (χ0n) is 7.03. The van der Waals surface area contributed by atoms with Crippen LogP contribution in [-0.2, 0) is 0 Å². The predicted molar refractivity (Wildman–Crippen MR) is 46.9 cm³/mol. The topological polar surface area (TPSA) is 80.9 Å². The van der Waals surface area contributed by atoms with Crippen LogP contribution in [0.5, 0.6) is 0 Å². The van der Waals surface area contributed by atoms with Crippen LogP contribution in [0, 0.1) is 0 Å². The number of hydrogen-bond acceptors (Lipinski definition) is 4. The minimum absolute atomic E-state index is 0.192. The van der Waals surface area contributed by atoms with E-state index in [1.165, 1.54) is 12.4 Å². The Morgan fingerprint density at radius 1 is 1.54 bits per heavy atom. The second-order valence-corrected chi connectivity index (χ2v) is 3.08. The molecule has 1 aromatic rings. The second-order valence-electron chi connectivity index (χ2n) is 3.08. The zero-order chi connectivity index (χ0) is 9.26. The molecule has 0 bridgehead atoms. The van der Waals surface area contributed by atoms with E-state index in [1.54, 1.807) is 0 Å². The third-order valence-corrected chi connectivity index (χ3v) is 1.80. The standard InChI is InChI=1S/C8H10N4O/c9-7-4-10-3-6(12-7)8(13)11-5-1-2-5/h3-5H,1-2H2,(H2,9,12)(H,11,13). The summed E-state index contributed by atoms with van der Waals surface area (Å²) in [7, 11) is 0. The Bertz CT molecular complexity index is 335. The predicted octanol–water partition coefficient (Wildman–Crippen LogP) is -0.0490. The Labute approximate surface area is 75.4 Å². The summed E-state index contributed by atoms with van der Waals surface area (Å²) >= 11 is 0. The van der Waals surface area contributed by atoms with Crippen LogP contribution in [-0.4, -0.2) is 21.9 Å². The molecule has 0 spiro atoms. The van der Waals surface area contributed by atoms with Crippen molar-refractivity contribution in [2.45, 2.75) is 18.9 Å². The van der Waals surface area contributed by atoms with E-state index < -0.39 is 0 Å². The van der Waals surface area contributed by atoms with Crippen molar-refractivity contribution < 1.29 is 4.79 Å².